The summed E-state index contributed by atoms with van der Waals surface area (Å²) >= 11 is 0. The summed E-state index contributed by atoms with van der Waals surface area (Å²) in [5.41, 5.74) is 3.97. The number of H-pyrrole nitrogens is 1. The molecule has 0 saturated carbocycles. The molecule has 0 aliphatic heterocycles. The molecule has 4 aromatic rings. The first-order chi connectivity index (χ1) is 11.3. The Kier molecular flexibility index (Phi) is 3.24. The molecule has 2 aromatic carbocycles. The smallest absolute Gasteiger partial charge is 0.230 e. The lowest BCUT2D eigenvalue weighted by atomic mass is 10.1. The van der Waals surface area contributed by atoms with Crippen molar-refractivity contribution < 1.29 is 0 Å². The van der Waals surface area contributed by atoms with Gasteiger partial charge < -0.3 is 4.90 Å². The number of aromatic amines is 1. The van der Waals surface area contributed by atoms with Crippen LogP contribution in [0.1, 0.15) is 0 Å². The van der Waals surface area contributed by atoms with Crippen LogP contribution in [0.15, 0.2) is 67.0 Å². The Morgan fingerprint density at radius 3 is 2.74 bits per heavy atom. The zero-order chi connectivity index (χ0) is 15.6. The Morgan fingerprint density at radius 1 is 1.00 bits per heavy atom. The lowest BCUT2D eigenvalue weighted by molar-refractivity contribution is 1.05. The van der Waals surface area contributed by atoms with Crippen molar-refractivity contribution >= 4 is 22.5 Å². The molecule has 112 valence electrons. The number of hydrogen-bond acceptors (Lipinski definition) is 4. The van der Waals surface area contributed by atoms with E-state index in [0.29, 0.717) is 5.95 Å². The molecule has 5 nitrogen and oxygen atoms in total. The maximum absolute atomic E-state index is 4.69. The van der Waals surface area contributed by atoms with E-state index in [1.54, 1.807) is 6.20 Å². The van der Waals surface area contributed by atoms with Crippen molar-refractivity contribution in [2.24, 2.45) is 0 Å². The molecule has 0 atom stereocenters. The van der Waals surface area contributed by atoms with Crippen LogP contribution in [0.5, 0.6) is 0 Å². The maximum Gasteiger partial charge on any atom is 0.230 e. The van der Waals surface area contributed by atoms with Crippen molar-refractivity contribution in [2.45, 2.75) is 0 Å². The van der Waals surface area contributed by atoms with E-state index in [2.05, 4.69) is 21.2 Å². The number of anilines is 2. The Hall–Kier alpha value is -3.21. The molecular weight excluding hydrogens is 286 g/mol. The third kappa shape index (κ3) is 2.53. The van der Waals surface area contributed by atoms with Crippen LogP contribution < -0.4 is 4.90 Å². The normalized spacial score (nSPS) is 10.8. The monoisotopic (exact) mass is 301 g/mol. The molecule has 0 radical (unpaired) electrons. The standard InChI is InChI=1S/C18H15N5/c1-23(15-5-3-2-4-6-15)18-19-10-9-16(21-18)13-7-8-14-12-20-22-17(14)11-13/h2-12H,1H3,(H,20,22). The Labute approximate surface area is 133 Å². The van der Waals surface area contributed by atoms with E-state index in [0.717, 1.165) is 27.8 Å². The van der Waals surface area contributed by atoms with Crippen molar-refractivity contribution in [1.29, 1.82) is 0 Å². The molecule has 0 aliphatic carbocycles. The van der Waals surface area contributed by atoms with E-state index in [1.165, 1.54) is 0 Å². The van der Waals surface area contributed by atoms with Gasteiger partial charge >= 0.3 is 0 Å². The van der Waals surface area contributed by atoms with Crippen LogP contribution in [0, 0.1) is 0 Å². The van der Waals surface area contributed by atoms with Crippen molar-refractivity contribution in [3.63, 3.8) is 0 Å². The molecule has 2 heterocycles. The van der Waals surface area contributed by atoms with Gasteiger partial charge in [-0.25, -0.2) is 9.97 Å². The molecule has 23 heavy (non-hydrogen) atoms. The van der Waals surface area contributed by atoms with Crippen LogP contribution in [-0.4, -0.2) is 27.2 Å². The van der Waals surface area contributed by atoms with Crippen LogP contribution in [0.2, 0.25) is 0 Å². The highest BCUT2D eigenvalue weighted by atomic mass is 15.2. The third-order valence-electron chi connectivity index (χ3n) is 3.82. The molecule has 4 rings (SSSR count). The maximum atomic E-state index is 4.69. The van der Waals surface area contributed by atoms with Crippen LogP contribution in [0.25, 0.3) is 22.2 Å². The molecule has 5 heteroatoms. The SMILES string of the molecule is CN(c1ccccc1)c1nccc(-c2ccc3cn[nH]c3c2)n1. The number of para-hydroxylation sites is 1. The van der Waals surface area contributed by atoms with E-state index < -0.39 is 0 Å². The zero-order valence-electron chi connectivity index (χ0n) is 12.6. The fraction of sp³-hybridized carbons (Fsp3) is 0.0556. The predicted molar refractivity (Wildman–Crippen MR) is 91.6 cm³/mol. The molecule has 0 amide bonds. The van der Waals surface area contributed by atoms with Gasteiger partial charge in [-0.1, -0.05) is 30.3 Å². The zero-order valence-corrected chi connectivity index (χ0v) is 12.6. The molecule has 0 unspecified atom stereocenters. The minimum Gasteiger partial charge on any atom is -0.314 e. The van der Waals surface area contributed by atoms with Gasteiger partial charge in [0.2, 0.25) is 5.95 Å². The minimum absolute atomic E-state index is 0.665. The van der Waals surface area contributed by atoms with Gasteiger partial charge in [0.25, 0.3) is 0 Å². The van der Waals surface area contributed by atoms with Gasteiger partial charge in [-0.05, 0) is 24.3 Å². The lowest BCUT2D eigenvalue weighted by Gasteiger charge is -2.17. The third-order valence-corrected chi connectivity index (χ3v) is 3.82. The van der Waals surface area contributed by atoms with Crippen LogP contribution in [-0.2, 0) is 0 Å². The second-order valence-electron chi connectivity index (χ2n) is 5.31. The number of hydrogen-bond donors (Lipinski definition) is 1. The molecule has 0 saturated heterocycles. The Balaban J connectivity index is 1.73. The molecule has 1 N–H and O–H groups in total. The molecule has 0 aliphatic rings. The highest BCUT2D eigenvalue weighted by Gasteiger charge is 2.09. The Morgan fingerprint density at radius 2 is 1.87 bits per heavy atom. The number of rotatable bonds is 3. The van der Waals surface area contributed by atoms with Gasteiger partial charge in [0, 0.05) is 29.9 Å². The summed E-state index contributed by atoms with van der Waals surface area (Å²) in [6, 6.07) is 18.1. The summed E-state index contributed by atoms with van der Waals surface area (Å²) in [4.78, 5) is 11.0. The lowest BCUT2D eigenvalue weighted by Crippen LogP contribution is -2.13. The van der Waals surface area contributed by atoms with Crippen LogP contribution in [0.3, 0.4) is 0 Å². The van der Waals surface area contributed by atoms with Gasteiger partial charge in [-0.3, -0.25) is 5.10 Å². The predicted octanol–water partition coefficient (Wildman–Crippen LogP) is 3.79. The second kappa shape index (κ2) is 5.53. The average Bonchev–Trinajstić information content (AvgIpc) is 3.09. The molecule has 0 fully saturated rings. The first-order valence-corrected chi connectivity index (χ1v) is 7.36. The van der Waals surface area contributed by atoms with Gasteiger partial charge in [0.1, 0.15) is 0 Å². The van der Waals surface area contributed by atoms with Gasteiger partial charge in [-0.2, -0.15) is 5.10 Å². The quantitative estimate of drug-likeness (QED) is 0.625. The molecule has 2 aromatic heterocycles. The van der Waals surface area contributed by atoms with Gasteiger partial charge in [-0.15, -0.1) is 0 Å². The molecule has 0 spiro atoms. The number of fused-ring (bicyclic) bond motifs is 1. The van der Waals surface area contributed by atoms with E-state index in [1.807, 2.05) is 66.7 Å². The number of benzene rings is 2. The summed E-state index contributed by atoms with van der Waals surface area (Å²) in [6.07, 6.45) is 3.60. The van der Waals surface area contributed by atoms with E-state index in [4.69, 9.17) is 4.98 Å². The first-order valence-electron chi connectivity index (χ1n) is 7.36. The van der Waals surface area contributed by atoms with Gasteiger partial charge in [0.05, 0.1) is 17.4 Å². The summed E-state index contributed by atoms with van der Waals surface area (Å²) in [6.45, 7) is 0. The first kappa shape index (κ1) is 13.5. The number of nitrogens with zero attached hydrogens (tertiary/aromatic N) is 4. The van der Waals surface area contributed by atoms with Crippen molar-refractivity contribution in [1.82, 2.24) is 20.2 Å². The number of aromatic nitrogens is 4. The summed E-state index contributed by atoms with van der Waals surface area (Å²) in [5.74, 6) is 0.665. The largest absolute Gasteiger partial charge is 0.314 e. The summed E-state index contributed by atoms with van der Waals surface area (Å²) in [5, 5.41) is 8.13. The fourth-order valence-electron chi connectivity index (χ4n) is 2.53. The summed E-state index contributed by atoms with van der Waals surface area (Å²) in [7, 11) is 1.96. The average molecular weight is 301 g/mol. The summed E-state index contributed by atoms with van der Waals surface area (Å²) < 4.78 is 0. The minimum atomic E-state index is 0.665. The van der Waals surface area contributed by atoms with E-state index in [-0.39, 0.29) is 0 Å². The van der Waals surface area contributed by atoms with E-state index in [9.17, 15) is 0 Å². The van der Waals surface area contributed by atoms with Crippen molar-refractivity contribution in [2.75, 3.05) is 11.9 Å². The highest BCUT2D eigenvalue weighted by molar-refractivity contribution is 5.83. The van der Waals surface area contributed by atoms with Gasteiger partial charge in [0.15, 0.2) is 0 Å². The van der Waals surface area contributed by atoms with Crippen LogP contribution in [0.4, 0.5) is 11.6 Å². The van der Waals surface area contributed by atoms with E-state index >= 15 is 0 Å². The number of nitrogens with one attached hydrogen (secondary N) is 1. The van der Waals surface area contributed by atoms with Crippen LogP contribution >= 0.6 is 0 Å². The topological polar surface area (TPSA) is 57.7 Å². The molecule has 0 bridgehead atoms. The van der Waals surface area contributed by atoms with Crippen molar-refractivity contribution in [3.8, 4) is 11.3 Å². The fourth-order valence-corrected chi connectivity index (χ4v) is 2.53. The van der Waals surface area contributed by atoms with Crippen molar-refractivity contribution in [3.05, 3.63) is 67.0 Å². The highest BCUT2D eigenvalue weighted by Crippen LogP contribution is 2.25. The molecular formula is C18H15N5. The Bertz CT molecular complexity index is 946. The second-order valence-corrected chi connectivity index (χ2v) is 5.31.